The van der Waals surface area contributed by atoms with Crippen molar-refractivity contribution in [2.45, 2.75) is 26.1 Å². The zero-order chi connectivity index (χ0) is 17.8. The van der Waals surface area contributed by atoms with Crippen molar-refractivity contribution in [3.8, 4) is 17.2 Å². The minimum absolute atomic E-state index is 0.0692. The van der Waals surface area contributed by atoms with Crippen LogP contribution in [0.15, 0.2) is 36.4 Å². The number of fused-ring (bicyclic) bond motifs is 1. The molecule has 2 aromatic carbocycles. The number of hydrogen-bond donors (Lipinski definition) is 1. The Balaban J connectivity index is 1.89. The molecular weight excluding hydrogens is 318 g/mol. The van der Waals surface area contributed by atoms with Crippen molar-refractivity contribution in [3.63, 3.8) is 0 Å². The Morgan fingerprint density at radius 2 is 1.88 bits per heavy atom. The largest absolute Gasteiger partial charge is 0.504 e. The molecule has 0 aromatic heterocycles. The monoisotopic (exact) mass is 343 g/mol. The molecule has 0 amide bonds. The van der Waals surface area contributed by atoms with Gasteiger partial charge in [0.2, 0.25) is 0 Å². The predicted molar refractivity (Wildman–Crippen MR) is 96.1 cm³/mol. The van der Waals surface area contributed by atoms with E-state index in [1.807, 2.05) is 31.2 Å². The molecule has 0 bridgehead atoms. The van der Waals surface area contributed by atoms with Crippen molar-refractivity contribution in [1.29, 1.82) is 0 Å². The molecule has 0 fully saturated rings. The zero-order valence-electron chi connectivity index (χ0n) is 15.0. The predicted octanol–water partition coefficient (Wildman–Crippen LogP) is 3.50. The van der Waals surface area contributed by atoms with Crippen LogP contribution < -0.4 is 9.47 Å². The van der Waals surface area contributed by atoms with Gasteiger partial charge in [-0.05, 0) is 36.2 Å². The van der Waals surface area contributed by atoms with Crippen LogP contribution in [0.4, 0.5) is 0 Å². The molecular formula is C20H25NO4. The molecule has 0 saturated heterocycles. The van der Waals surface area contributed by atoms with E-state index in [0.717, 1.165) is 42.1 Å². The van der Waals surface area contributed by atoms with Gasteiger partial charge in [-0.3, -0.25) is 4.90 Å². The summed E-state index contributed by atoms with van der Waals surface area (Å²) < 4.78 is 16.7. The third kappa shape index (κ3) is 3.72. The van der Waals surface area contributed by atoms with E-state index in [9.17, 15) is 5.11 Å². The van der Waals surface area contributed by atoms with Gasteiger partial charge in [-0.25, -0.2) is 0 Å². The first kappa shape index (κ1) is 17.6. The van der Waals surface area contributed by atoms with Gasteiger partial charge in [-0.1, -0.05) is 18.2 Å². The number of phenols is 1. The van der Waals surface area contributed by atoms with Crippen LogP contribution in [0.2, 0.25) is 0 Å². The number of phenolic OH excluding ortho intramolecular Hbond substituents is 1. The van der Waals surface area contributed by atoms with Gasteiger partial charge in [0.25, 0.3) is 0 Å². The molecule has 0 spiro atoms. The second-order valence-electron chi connectivity index (χ2n) is 6.15. The van der Waals surface area contributed by atoms with Crippen LogP contribution >= 0.6 is 0 Å². The highest BCUT2D eigenvalue weighted by atomic mass is 16.5. The summed E-state index contributed by atoms with van der Waals surface area (Å²) in [5.41, 5.74) is 3.31. The van der Waals surface area contributed by atoms with E-state index in [2.05, 4.69) is 11.0 Å². The first-order valence-electron chi connectivity index (χ1n) is 8.51. The summed E-state index contributed by atoms with van der Waals surface area (Å²) in [4.78, 5) is 2.33. The minimum Gasteiger partial charge on any atom is -0.504 e. The second-order valence-corrected chi connectivity index (χ2v) is 6.15. The van der Waals surface area contributed by atoms with Crippen LogP contribution in [0, 0.1) is 0 Å². The molecule has 0 aliphatic carbocycles. The zero-order valence-corrected chi connectivity index (χ0v) is 15.0. The first-order valence-corrected chi connectivity index (χ1v) is 8.51. The Morgan fingerprint density at radius 3 is 2.60 bits per heavy atom. The molecule has 1 heterocycles. The summed E-state index contributed by atoms with van der Waals surface area (Å²) in [6.07, 6.45) is -0.0692. The molecule has 1 unspecified atom stereocenters. The van der Waals surface area contributed by atoms with Gasteiger partial charge < -0.3 is 19.3 Å². The fraction of sp³-hybridized carbons (Fsp3) is 0.400. The molecule has 5 heteroatoms. The number of benzene rings is 2. The van der Waals surface area contributed by atoms with Gasteiger partial charge in [0.1, 0.15) is 5.75 Å². The van der Waals surface area contributed by atoms with Gasteiger partial charge >= 0.3 is 0 Å². The van der Waals surface area contributed by atoms with Gasteiger partial charge in [0.15, 0.2) is 11.5 Å². The van der Waals surface area contributed by atoms with E-state index >= 15 is 0 Å². The highest BCUT2D eigenvalue weighted by Gasteiger charge is 2.28. The molecule has 3 rings (SSSR count). The van der Waals surface area contributed by atoms with E-state index in [1.54, 1.807) is 20.3 Å². The third-order valence-electron chi connectivity index (χ3n) is 4.56. The van der Waals surface area contributed by atoms with Crippen molar-refractivity contribution in [1.82, 2.24) is 4.90 Å². The lowest BCUT2D eigenvalue weighted by atomic mass is 9.95. The van der Waals surface area contributed by atoms with Crippen LogP contribution in [-0.4, -0.2) is 37.4 Å². The average Bonchev–Trinajstić information content (AvgIpc) is 2.62. The standard InChI is InChI=1S/C20H25NO4/c1-4-25-20-13-21(11-14-7-5-6-8-18(14)23-2)12-15-9-19(24-3)17(22)10-16(15)20/h5-10,20,22H,4,11-13H2,1-3H3. The van der Waals surface area contributed by atoms with Crippen LogP contribution in [0.3, 0.4) is 0 Å². The van der Waals surface area contributed by atoms with Crippen LogP contribution in [0.5, 0.6) is 17.2 Å². The molecule has 5 nitrogen and oxygen atoms in total. The first-order chi connectivity index (χ1) is 12.2. The summed E-state index contributed by atoms with van der Waals surface area (Å²) in [6.45, 7) is 4.93. The van der Waals surface area contributed by atoms with Gasteiger partial charge in [0.05, 0.1) is 20.3 Å². The van der Waals surface area contributed by atoms with Crippen molar-refractivity contribution >= 4 is 0 Å². The summed E-state index contributed by atoms with van der Waals surface area (Å²) in [6, 6.07) is 11.7. The molecule has 25 heavy (non-hydrogen) atoms. The van der Waals surface area contributed by atoms with E-state index in [0.29, 0.717) is 12.4 Å². The SMILES string of the molecule is CCOC1CN(Cc2ccccc2OC)Cc2cc(OC)c(O)cc21. The van der Waals surface area contributed by atoms with Crippen LogP contribution in [-0.2, 0) is 17.8 Å². The Morgan fingerprint density at radius 1 is 1.12 bits per heavy atom. The van der Waals surface area contributed by atoms with Crippen LogP contribution in [0.1, 0.15) is 29.7 Å². The molecule has 1 atom stereocenters. The van der Waals surface area contributed by atoms with E-state index in [-0.39, 0.29) is 11.9 Å². The molecule has 1 aliphatic rings. The topological polar surface area (TPSA) is 51.2 Å². The maximum absolute atomic E-state index is 10.1. The summed E-state index contributed by atoms with van der Waals surface area (Å²) in [7, 11) is 3.26. The van der Waals surface area contributed by atoms with Crippen LogP contribution in [0.25, 0.3) is 0 Å². The van der Waals surface area contributed by atoms with Gasteiger partial charge in [0, 0.05) is 31.8 Å². The number of nitrogens with zero attached hydrogens (tertiary/aromatic N) is 1. The maximum Gasteiger partial charge on any atom is 0.160 e. The number of methoxy groups -OCH3 is 2. The lowest BCUT2D eigenvalue weighted by molar-refractivity contribution is 0.0170. The van der Waals surface area contributed by atoms with E-state index in [1.165, 1.54) is 0 Å². The number of aromatic hydroxyl groups is 1. The number of hydrogen-bond acceptors (Lipinski definition) is 5. The number of para-hydroxylation sites is 1. The number of rotatable bonds is 6. The maximum atomic E-state index is 10.1. The van der Waals surface area contributed by atoms with Gasteiger partial charge in [-0.15, -0.1) is 0 Å². The smallest absolute Gasteiger partial charge is 0.160 e. The summed E-state index contributed by atoms with van der Waals surface area (Å²) in [5, 5.41) is 10.1. The normalized spacial score (nSPS) is 17.2. The quantitative estimate of drug-likeness (QED) is 0.870. The van der Waals surface area contributed by atoms with Crippen molar-refractivity contribution in [3.05, 3.63) is 53.1 Å². The minimum atomic E-state index is -0.0692. The molecule has 1 aliphatic heterocycles. The number of ether oxygens (including phenoxy) is 3. The molecule has 0 radical (unpaired) electrons. The van der Waals surface area contributed by atoms with Crippen molar-refractivity contribution < 1.29 is 19.3 Å². The molecule has 2 aromatic rings. The Hall–Kier alpha value is -2.24. The Bertz CT molecular complexity index is 732. The molecule has 0 saturated carbocycles. The van der Waals surface area contributed by atoms with Crippen molar-refractivity contribution in [2.24, 2.45) is 0 Å². The van der Waals surface area contributed by atoms with Crippen molar-refractivity contribution in [2.75, 3.05) is 27.4 Å². The Labute approximate surface area is 148 Å². The summed E-state index contributed by atoms with van der Waals surface area (Å²) >= 11 is 0. The summed E-state index contributed by atoms with van der Waals surface area (Å²) in [5.74, 6) is 1.54. The fourth-order valence-electron chi connectivity index (χ4n) is 3.40. The lowest BCUT2D eigenvalue weighted by Gasteiger charge is -2.35. The Kier molecular flexibility index (Phi) is 5.46. The molecule has 1 N–H and O–H groups in total. The molecule has 134 valence electrons. The van der Waals surface area contributed by atoms with Gasteiger partial charge in [-0.2, -0.15) is 0 Å². The van der Waals surface area contributed by atoms with E-state index < -0.39 is 0 Å². The highest BCUT2D eigenvalue weighted by molar-refractivity contribution is 5.48. The second kappa shape index (κ2) is 7.76. The average molecular weight is 343 g/mol. The lowest BCUT2D eigenvalue weighted by Crippen LogP contribution is -2.34. The highest BCUT2D eigenvalue weighted by Crippen LogP contribution is 2.38. The third-order valence-corrected chi connectivity index (χ3v) is 4.56. The van der Waals surface area contributed by atoms with E-state index in [4.69, 9.17) is 14.2 Å². The fourth-order valence-corrected chi connectivity index (χ4v) is 3.40.